The van der Waals surface area contributed by atoms with Crippen molar-refractivity contribution in [2.75, 3.05) is 13.6 Å². The SMILES string of the molecule is CNC1CCC(C)CN(Cc2cscn2)C1=O. The molecule has 2 unspecified atom stereocenters. The van der Waals surface area contributed by atoms with Crippen LogP contribution in [0.3, 0.4) is 0 Å². The largest absolute Gasteiger partial charge is 0.335 e. The third-order valence-corrected chi connectivity index (χ3v) is 3.91. The molecule has 1 aromatic rings. The summed E-state index contributed by atoms with van der Waals surface area (Å²) in [6.07, 6.45) is 2.04. The van der Waals surface area contributed by atoms with Crippen molar-refractivity contribution >= 4 is 17.2 Å². The molecule has 1 aliphatic heterocycles. The molecule has 1 aliphatic rings. The van der Waals surface area contributed by atoms with Crippen molar-refractivity contribution in [2.45, 2.75) is 32.4 Å². The number of amides is 1. The molecule has 17 heavy (non-hydrogen) atoms. The molecule has 4 nitrogen and oxygen atoms in total. The molecule has 0 spiro atoms. The molecule has 1 N–H and O–H groups in total. The second-order valence-corrected chi connectivity index (χ2v) is 5.44. The van der Waals surface area contributed by atoms with Crippen LogP contribution in [0.1, 0.15) is 25.5 Å². The fourth-order valence-electron chi connectivity index (χ4n) is 2.27. The lowest BCUT2D eigenvalue weighted by molar-refractivity contribution is -0.133. The number of nitrogens with zero attached hydrogens (tertiary/aromatic N) is 2. The molecule has 94 valence electrons. The minimum Gasteiger partial charge on any atom is -0.335 e. The highest BCUT2D eigenvalue weighted by Gasteiger charge is 2.28. The van der Waals surface area contributed by atoms with Crippen LogP contribution in [-0.4, -0.2) is 35.4 Å². The second-order valence-electron chi connectivity index (χ2n) is 4.72. The van der Waals surface area contributed by atoms with Crippen LogP contribution in [0.4, 0.5) is 0 Å². The Morgan fingerprint density at radius 2 is 2.41 bits per heavy atom. The molecule has 5 heteroatoms. The Labute approximate surface area is 106 Å². The van der Waals surface area contributed by atoms with Gasteiger partial charge in [-0.2, -0.15) is 0 Å². The van der Waals surface area contributed by atoms with Gasteiger partial charge < -0.3 is 10.2 Å². The van der Waals surface area contributed by atoms with E-state index in [1.54, 1.807) is 11.3 Å². The summed E-state index contributed by atoms with van der Waals surface area (Å²) in [4.78, 5) is 18.5. The lowest BCUT2D eigenvalue weighted by Crippen LogP contribution is -2.43. The van der Waals surface area contributed by atoms with Crippen LogP contribution in [0.5, 0.6) is 0 Å². The van der Waals surface area contributed by atoms with Crippen LogP contribution in [-0.2, 0) is 11.3 Å². The first-order valence-electron chi connectivity index (χ1n) is 6.04. The molecule has 0 bridgehead atoms. The van der Waals surface area contributed by atoms with Gasteiger partial charge in [-0.3, -0.25) is 4.79 Å². The third kappa shape index (κ3) is 3.04. The Hall–Kier alpha value is -0.940. The van der Waals surface area contributed by atoms with Gasteiger partial charge in [0, 0.05) is 11.9 Å². The van der Waals surface area contributed by atoms with Crippen molar-refractivity contribution in [3.63, 3.8) is 0 Å². The second kappa shape index (κ2) is 5.60. The molecule has 0 aliphatic carbocycles. The van der Waals surface area contributed by atoms with E-state index < -0.39 is 0 Å². The maximum atomic E-state index is 12.3. The van der Waals surface area contributed by atoms with E-state index in [9.17, 15) is 4.79 Å². The van der Waals surface area contributed by atoms with Gasteiger partial charge in [-0.05, 0) is 25.8 Å². The third-order valence-electron chi connectivity index (χ3n) is 3.27. The summed E-state index contributed by atoms with van der Waals surface area (Å²) >= 11 is 1.58. The van der Waals surface area contributed by atoms with E-state index in [1.165, 1.54) is 0 Å². The fraction of sp³-hybridized carbons (Fsp3) is 0.667. The lowest BCUT2D eigenvalue weighted by atomic mass is 10.0. The minimum absolute atomic E-state index is 0.0291. The molecule has 0 aromatic carbocycles. The summed E-state index contributed by atoms with van der Waals surface area (Å²) in [7, 11) is 1.86. The molecular weight excluding hydrogens is 234 g/mol. The van der Waals surface area contributed by atoms with E-state index in [4.69, 9.17) is 0 Å². The molecule has 2 heterocycles. The van der Waals surface area contributed by atoms with Crippen molar-refractivity contribution in [3.05, 3.63) is 16.6 Å². The van der Waals surface area contributed by atoms with Gasteiger partial charge in [-0.1, -0.05) is 6.92 Å². The molecule has 1 saturated heterocycles. The van der Waals surface area contributed by atoms with Gasteiger partial charge in [-0.25, -0.2) is 4.98 Å². The quantitative estimate of drug-likeness (QED) is 0.887. The lowest BCUT2D eigenvalue weighted by Gasteiger charge is -2.24. The topological polar surface area (TPSA) is 45.2 Å². The number of likely N-dealkylation sites (N-methyl/N-ethyl adjacent to an activating group) is 1. The molecule has 0 saturated carbocycles. The Morgan fingerprint density at radius 1 is 1.59 bits per heavy atom. The number of carbonyl (C=O) groups is 1. The van der Waals surface area contributed by atoms with Gasteiger partial charge in [0.05, 0.1) is 23.8 Å². The number of aromatic nitrogens is 1. The van der Waals surface area contributed by atoms with Crippen LogP contribution in [0, 0.1) is 5.92 Å². The predicted octanol–water partition coefficient (Wildman–Crippen LogP) is 1.49. The Balaban J connectivity index is 2.09. The van der Waals surface area contributed by atoms with Gasteiger partial charge in [0.1, 0.15) is 0 Å². The summed E-state index contributed by atoms with van der Waals surface area (Å²) in [5.41, 5.74) is 2.81. The number of likely N-dealkylation sites (tertiary alicyclic amines) is 1. The first-order chi connectivity index (χ1) is 8.20. The number of nitrogens with one attached hydrogen (secondary N) is 1. The monoisotopic (exact) mass is 253 g/mol. The summed E-state index contributed by atoms with van der Waals surface area (Å²) in [6.45, 7) is 3.69. The van der Waals surface area contributed by atoms with E-state index in [-0.39, 0.29) is 11.9 Å². The van der Waals surface area contributed by atoms with E-state index >= 15 is 0 Å². The average Bonchev–Trinajstić information content (AvgIpc) is 2.77. The zero-order chi connectivity index (χ0) is 12.3. The highest BCUT2D eigenvalue weighted by molar-refractivity contribution is 7.07. The number of thiazole rings is 1. The maximum Gasteiger partial charge on any atom is 0.240 e. The molecule has 0 radical (unpaired) electrons. The molecule has 2 atom stereocenters. The highest BCUT2D eigenvalue weighted by atomic mass is 32.1. The molecule has 1 fully saturated rings. The van der Waals surface area contributed by atoms with Crippen LogP contribution < -0.4 is 5.32 Å². The van der Waals surface area contributed by atoms with Gasteiger partial charge >= 0.3 is 0 Å². The van der Waals surface area contributed by atoms with Gasteiger partial charge in [0.25, 0.3) is 0 Å². The Bertz CT molecular complexity index is 366. The van der Waals surface area contributed by atoms with Crippen LogP contribution in [0.25, 0.3) is 0 Å². The van der Waals surface area contributed by atoms with E-state index in [0.717, 1.165) is 25.1 Å². The number of hydrogen-bond acceptors (Lipinski definition) is 4. The molecular formula is C12H19N3OS. The van der Waals surface area contributed by atoms with Crippen LogP contribution in [0.2, 0.25) is 0 Å². The standard InChI is InChI=1S/C12H19N3OS/c1-9-3-4-11(13-2)12(16)15(5-9)6-10-7-17-8-14-10/h7-9,11,13H,3-6H2,1-2H3. The predicted molar refractivity (Wildman–Crippen MR) is 68.8 cm³/mol. The number of carbonyl (C=O) groups excluding carboxylic acids is 1. The normalized spacial score (nSPS) is 26.0. The highest BCUT2D eigenvalue weighted by Crippen LogP contribution is 2.19. The van der Waals surface area contributed by atoms with Crippen molar-refractivity contribution < 1.29 is 4.79 Å². The van der Waals surface area contributed by atoms with Crippen molar-refractivity contribution in [3.8, 4) is 0 Å². The first kappa shape index (κ1) is 12.5. The molecule has 1 aromatic heterocycles. The fourth-order valence-corrected chi connectivity index (χ4v) is 2.82. The minimum atomic E-state index is -0.0291. The zero-order valence-corrected chi connectivity index (χ0v) is 11.2. The summed E-state index contributed by atoms with van der Waals surface area (Å²) < 4.78 is 0. The summed E-state index contributed by atoms with van der Waals surface area (Å²) in [5, 5.41) is 5.13. The van der Waals surface area contributed by atoms with Gasteiger partial charge in [0.2, 0.25) is 5.91 Å². The average molecular weight is 253 g/mol. The maximum absolute atomic E-state index is 12.3. The van der Waals surface area contributed by atoms with Crippen molar-refractivity contribution in [1.29, 1.82) is 0 Å². The van der Waals surface area contributed by atoms with E-state index in [1.807, 2.05) is 22.8 Å². The molecule has 2 rings (SSSR count). The van der Waals surface area contributed by atoms with Crippen molar-refractivity contribution in [1.82, 2.24) is 15.2 Å². The zero-order valence-electron chi connectivity index (χ0n) is 10.3. The molecule has 1 amide bonds. The first-order valence-corrected chi connectivity index (χ1v) is 6.98. The van der Waals surface area contributed by atoms with Crippen LogP contribution in [0.15, 0.2) is 10.9 Å². The van der Waals surface area contributed by atoms with Crippen LogP contribution >= 0.6 is 11.3 Å². The van der Waals surface area contributed by atoms with E-state index in [0.29, 0.717) is 12.5 Å². The van der Waals surface area contributed by atoms with Gasteiger partial charge in [-0.15, -0.1) is 11.3 Å². The van der Waals surface area contributed by atoms with Crippen molar-refractivity contribution in [2.24, 2.45) is 5.92 Å². The summed E-state index contributed by atoms with van der Waals surface area (Å²) in [5.74, 6) is 0.779. The van der Waals surface area contributed by atoms with Gasteiger partial charge in [0.15, 0.2) is 0 Å². The number of rotatable bonds is 3. The smallest absolute Gasteiger partial charge is 0.240 e. The Kier molecular flexibility index (Phi) is 4.12. The summed E-state index contributed by atoms with van der Waals surface area (Å²) in [6, 6.07) is -0.0291. The Morgan fingerprint density at radius 3 is 3.06 bits per heavy atom. The van der Waals surface area contributed by atoms with E-state index in [2.05, 4.69) is 17.2 Å². The number of hydrogen-bond donors (Lipinski definition) is 1.